The molecule has 1 aliphatic rings. The van der Waals surface area contributed by atoms with Crippen molar-refractivity contribution in [2.75, 3.05) is 0 Å². The number of carbonyl (C=O) groups is 1. The second kappa shape index (κ2) is 7.19. The van der Waals surface area contributed by atoms with Crippen molar-refractivity contribution in [2.45, 2.75) is 45.2 Å². The van der Waals surface area contributed by atoms with Crippen LogP contribution in [0, 0.1) is 6.92 Å². The maximum absolute atomic E-state index is 12.8. The maximum Gasteiger partial charge on any atom is 0.346 e. The summed E-state index contributed by atoms with van der Waals surface area (Å²) in [7, 11) is 0. The first kappa shape index (κ1) is 17.8. The average Bonchev–Trinajstić information content (AvgIpc) is 3.32. The van der Waals surface area contributed by atoms with Crippen molar-refractivity contribution in [1.82, 2.24) is 14.3 Å². The highest BCUT2D eigenvalue weighted by Crippen LogP contribution is 2.36. The molecule has 140 valence electrons. The summed E-state index contributed by atoms with van der Waals surface area (Å²) in [6.45, 7) is 1.84. The van der Waals surface area contributed by atoms with E-state index in [9.17, 15) is 9.59 Å². The van der Waals surface area contributed by atoms with Gasteiger partial charge in [-0.2, -0.15) is 0 Å². The van der Waals surface area contributed by atoms with Gasteiger partial charge in [0.25, 0.3) is 0 Å². The third-order valence-electron chi connectivity index (χ3n) is 4.66. The van der Waals surface area contributed by atoms with E-state index in [1.807, 2.05) is 31.2 Å². The molecule has 0 radical (unpaired) electrons. The molecule has 0 saturated heterocycles. The highest BCUT2D eigenvalue weighted by molar-refractivity contribution is 6.30. The zero-order chi connectivity index (χ0) is 19.0. The summed E-state index contributed by atoms with van der Waals surface area (Å²) in [5.41, 5.74) is 0.588. The van der Waals surface area contributed by atoms with Crippen LogP contribution in [0.3, 0.4) is 0 Å². The molecule has 0 spiro atoms. The number of carbonyl (C=O) groups excluding carboxylic acids is 1. The van der Waals surface area contributed by atoms with Crippen molar-refractivity contribution >= 4 is 17.4 Å². The van der Waals surface area contributed by atoms with Crippen molar-refractivity contribution < 1.29 is 9.21 Å². The van der Waals surface area contributed by atoms with Crippen molar-refractivity contribution in [3.05, 3.63) is 63.4 Å². The Morgan fingerprint density at radius 3 is 2.59 bits per heavy atom. The van der Waals surface area contributed by atoms with E-state index < -0.39 is 0 Å². The van der Waals surface area contributed by atoms with Crippen LogP contribution in [-0.2, 0) is 17.8 Å². The standard InChI is InChI=1S/C20H20ClN3O3/c1-13-2-10-18(27-13)11-9-17(25)12-23-20(26)24(16-7-8-16)19(22-23)14-3-5-15(21)6-4-14/h2-6,10,16H,7-9,11-12H2,1H3. The summed E-state index contributed by atoms with van der Waals surface area (Å²) >= 11 is 5.96. The first-order valence-electron chi connectivity index (χ1n) is 9.03. The van der Waals surface area contributed by atoms with Crippen LogP contribution in [0.4, 0.5) is 0 Å². The Bertz CT molecular complexity index is 1030. The van der Waals surface area contributed by atoms with Gasteiger partial charge in [0.15, 0.2) is 11.6 Å². The van der Waals surface area contributed by atoms with Gasteiger partial charge in [0.2, 0.25) is 0 Å². The molecule has 2 aromatic heterocycles. The van der Waals surface area contributed by atoms with Crippen LogP contribution >= 0.6 is 11.6 Å². The van der Waals surface area contributed by atoms with Gasteiger partial charge in [-0.3, -0.25) is 9.36 Å². The van der Waals surface area contributed by atoms with Crippen LogP contribution in [0.15, 0.2) is 45.6 Å². The first-order chi connectivity index (χ1) is 13.0. The predicted molar refractivity (Wildman–Crippen MR) is 102 cm³/mol. The van der Waals surface area contributed by atoms with Crippen LogP contribution < -0.4 is 5.69 Å². The van der Waals surface area contributed by atoms with Gasteiger partial charge in [-0.25, -0.2) is 9.48 Å². The summed E-state index contributed by atoms with van der Waals surface area (Å²) in [5.74, 6) is 2.14. The Kier molecular flexibility index (Phi) is 4.74. The molecule has 6 nitrogen and oxygen atoms in total. The monoisotopic (exact) mass is 385 g/mol. The van der Waals surface area contributed by atoms with E-state index in [4.69, 9.17) is 16.0 Å². The number of aromatic nitrogens is 3. The Balaban J connectivity index is 1.54. The number of hydrogen-bond acceptors (Lipinski definition) is 4. The molecule has 0 N–H and O–H groups in total. The van der Waals surface area contributed by atoms with Gasteiger partial charge in [-0.05, 0) is 56.2 Å². The van der Waals surface area contributed by atoms with Gasteiger partial charge in [0.1, 0.15) is 18.1 Å². The fraction of sp³-hybridized carbons (Fsp3) is 0.350. The number of aryl methyl sites for hydroxylation is 2. The van der Waals surface area contributed by atoms with Crippen molar-refractivity contribution in [3.63, 3.8) is 0 Å². The molecule has 4 rings (SSSR count). The maximum atomic E-state index is 12.8. The molecular formula is C20H20ClN3O3. The summed E-state index contributed by atoms with van der Waals surface area (Å²) in [5, 5.41) is 5.08. The van der Waals surface area contributed by atoms with Gasteiger partial charge in [-0.15, -0.1) is 5.10 Å². The second-order valence-electron chi connectivity index (χ2n) is 6.92. The molecule has 0 aliphatic heterocycles. The minimum absolute atomic E-state index is 0.0289. The SMILES string of the molecule is Cc1ccc(CCC(=O)Cn2nc(-c3ccc(Cl)cc3)n(C3CC3)c2=O)o1. The zero-order valence-corrected chi connectivity index (χ0v) is 15.8. The van der Waals surface area contributed by atoms with Crippen LogP contribution in [0.2, 0.25) is 5.02 Å². The molecule has 27 heavy (non-hydrogen) atoms. The lowest BCUT2D eigenvalue weighted by molar-refractivity contribution is -0.119. The largest absolute Gasteiger partial charge is 0.466 e. The molecule has 0 unspecified atom stereocenters. The van der Waals surface area contributed by atoms with E-state index in [0.717, 1.165) is 29.9 Å². The lowest BCUT2D eigenvalue weighted by Gasteiger charge is -2.03. The smallest absolute Gasteiger partial charge is 0.346 e. The minimum atomic E-state index is -0.232. The number of ketones is 1. The lowest BCUT2D eigenvalue weighted by atomic mass is 10.2. The average molecular weight is 386 g/mol. The molecule has 1 aromatic carbocycles. The molecule has 7 heteroatoms. The van der Waals surface area contributed by atoms with Crippen molar-refractivity contribution in [2.24, 2.45) is 0 Å². The summed E-state index contributed by atoms with van der Waals surface area (Å²) in [4.78, 5) is 25.2. The molecule has 3 aromatic rings. The van der Waals surface area contributed by atoms with E-state index in [0.29, 0.717) is 23.7 Å². The van der Waals surface area contributed by atoms with E-state index in [-0.39, 0.29) is 24.1 Å². The third kappa shape index (κ3) is 3.90. The fourth-order valence-electron chi connectivity index (χ4n) is 3.11. The molecule has 1 fully saturated rings. The normalized spacial score (nSPS) is 13.9. The topological polar surface area (TPSA) is 70.0 Å². The summed E-state index contributed by atoms with van der Waals surface area (Å²) < 4.78 is 8.46. The minimum Gasteiger partial charge on any atom is -0.466 e. The van der Waals surface area contributed by atoms with E-state index in [1.54, 1.807) is 16.7 Å². The number of nitrogens with zero attached hydrogens (tertiary/aromatic N) is 3. The number of rotatable bonds is 7. The number of hydrogen-bond donors (Lipinski definition) is 0. The van der Waals surface area contributed by atoms with E-state index in [2.05, 4.69) is 5.10 Å². The summed E-state index contributed by atoms with van der Waals surface area (Å²) in [6.07, 6.45) is 2.75. The Morgan fingerprint density at radius 1 is 1.22 bits per heavy atom. The number of furan rings is 1. The lowest BCUT2D eigenvalue weighted by Crippen LogP contribution is -2.27. The van der Waals surface area contributed by atoms with E-state index in [1.165, 1.54) is 4.68 Å². The van der Waals surface area contributed by atoms with Gasteiger partial charge in [0.05, 0.1) is 0 Å². The van der Waals surface area contributed by atoms with Crippen molar-refractivity contribution in [1.29, 1.82) is 0 Å². The molecule has 1 aliphatic carbocycles. The Hall–Kier alpha value is -2.60. The molecule has 1 saturated carbocycles. The third-order valence-corrected chi connectivity index (χ3v) is 4.91. The molecule has 0 bridgehead atoms. The number of halogens is 1. The number of benzene rings is 1. The Morgan fingerprint density at radius 2 is 1.96 bits per heavy atom. The van der Waals surface area contributed by atoms with Crippen LogP contribution in [0.25, 0.3) is 11.4 Å². The molecule has 0 atom stereocenters. The zero-order valence-electron chi connectivity index (χ0n) is 15.0. The van der Waals surface area contributed by atoms with Crippen LogP contribution in [0.1, 0.15) is 36.8 Å². The molecular weight excluding hydrogens is 366 g/mol. The first-order valence-corrected chi connectivity index (χ1v) is 9.41. The van der Waals surface area contributed by atoms with Crippen molar-refractivity contribution in [3.8, 4) is 11.4 Å². The number of Topliss-reactive ketones (excluding diaryl/α,β-unsaturated/α-hetero) is 1. The molecule has 0 amide bonds. The highest BCUT2D eigenvalue weighted by Gasteiger charge is 2.30. The van der Waals surface area contributed by atoms with Gasteiger partial charge >= 0.3 is 5.69 Å². The van der Waals surface area contributed by atoms with Gasteiger partial charge in [-0.1, -0.05) is 11.6 Å². The molecule has 2 heterocycles. The second-order valence-corrected chi connectivity index (χ2v) is 7.36. The van der Waals surface area contributed by atoms with E-state index >= 15 is 0 Å². The van der Waals surface area contributed by atoms with Crippen LogP contribution in [0.5, 0.6) is 0 Å². The van der Waals surface area contributed by atoms with Crippen LogP contribution in [-0.4, -0.2) is 20.1 Å². The highest BCUT2D eigenvalue weighted by atomic mass is 35.5. The van der Waals surface area contributed by atoms with Gasteiger partial charge in [0, 0.05) is 29.5 Å². The fourth-order valence-corrected chi connectivity index (χ4v) is 3.24. The predicted octanol–water partition coefficient (Wildman–Crippen LogP) is 3.80. The Labute approximate surface area is 161 Å². The van der Waals surface area contributed by atoms with Gasteiger partial charge < -0.3 is 4.42 Å². The summed E-state index contributed by atoms with van der Waals surface area (Å²) in [6, 6.07) is 11.1. The quantitative estimate of drug-likeness (QED) is 0.620.